The first kappa shape index (κ1) is 14.7. The lowest BCUT2D eigenvalue weighted by molar-refractivity contribution is 0.0951. The maximum Gasteiger partial charge on any atom is 0.251 e. The number of amides is 1. The van der Waals surface area contributed by atoms with Crippen LogP contribution in [-0.2, 0) is 0 Å². The maximum atomic E-state index is 11.9. The second-order valence-electron chi connectivity index (χ2n) is 4.71. The molecular weight excluding hydrogens is 353 g/mol. The van der Waals surface area contributed by atoms with Crippen LogP contribution < -0.4 is 10.6 Å². The Bertz CT molecular complexity index is 402. The zero-order chi connectivity index (χ0) is 13.5. The first-order chi connectivity index (χ1) is 9.25. The predicted octanol–water partition coefficient (Wildman–Crippen LogP) is 1.32. The van der Waals surface area contributed by atoms with Gasteiger partial charge in [-0.1, -0.05) is 0 Å². The predicted molar refractivity (Wildman–Crippen MR) is 85.4 cm³/mol. The second kappa shape index (κ2) is 7.81. The van der Waals surface area contributed by atoms with Crippen molar-refractivity contribution in [2.45, 2.75) is 6.42 Å². The fourth-order valence-electron chi connectivity index (χ4n) is 2.14. The lowest BCUT2D eigenvalue weighted by Gasteiger charge is -2.27. The molecule has 0 spiro atoms. The zero-order valence-corrected chi connectivity index (χ0v) is 13.2. The summed E-state index contributed by atoms with van der Waals surface area (Å²) in [6.07, 6.45) is 1.01. The largest absolute Gasteiger partial charge is 0.352 e. The van der Waals surface area contributed by atoms with Crippen LogP contribution in [0.3, 0.4) is 0 Å². The number of benzene rings is 1. The van der Waals surface area contributed by atoms with Crippen molar-refractivity contribution in [1.29, 1.82) is 0 Å². The molecule has 1 saturated heterocycles. The van der Waals surface area contributed by atoms with Gasteiger partial charge in [-0.25, -0.2) is 0 Å². The number of rotatable bonds is 5. The van der Waals surface area contributed by atoms with Crippen LogP contribution in [0.2, 0.25) is 0 Å². The third kappa shape index (κ3) is 5.08. The number of halogens is 1. The lowest BCUT2D eigenvalue weighted by Crippen LogP contribution is -2.44. The first-order valence-corrected chi connectivity index (χ1v) is 7.80. The van der Waals surface area contributed by atoms with E-state index in [4.69, 9.17) is 0 Å². The van der Waals surface area contributed by atoms with Crippen LogP contribution in [0.25, 0.3) is 0 Å². The SMILES string of the molecule is O=C(NCCCN1CCNCC1)c1ccc(I)cc1. The number of hydrogen-bond acceptors (Lipinski definition) is 3. The highest BCUT2D eigenvalue weighted by molar-refractivity contribution is 14.1. The fraction of sp³-hybridized carbons (Fsp3) is 0.500. The third-order valence-electron chi connectivity index (χ3n) is 3.25. The Morgan fingerprint density at radius 2 is 1.95 bits per heavy atom. The molecule has 1 amide bonds. The molecule has 2 N–H and O–H groups in total. The van der Waals surface area contributed by atoms with Gasteiger partial charge >= 0.3 is 0 Å². The van der Waals surface area contributed by atoms with Crippen LogP contribution in [0.5, 0.6) is 0 Å². The summed E-state index contributed by atoms with van der Waals surface area (Å²) in [6, 6.07) is 7.65. The molecule has 0 aromatic heterocycles. The highest BCUT2D eigenvalue weighted by Crippen LogP contribution is 2.06. The molecule has 19 heavy (non-hydrogen) atoms. The van der Waals surface area contributed by atoms with Crippen LogP contribution in [-0.4, -0.2) is 50.1 Å². The Balaban J connectivity index is 1.64. The summed E-state index contributed by atoms with van der Waals surface area (Å²) in [6.45, 7) is 6.20. The summed E-state index contributed by atoms with van der Waals surface area (Å²) in [7, 11) is 0. The summed E-state index contributed by atoms with van der Waals surface area (Å²) >= 11 is 2.24. The molecule has 0 atom stereocenters. The van der Waals surface area contributed by atoms with E-state index in [-0.39, 0.29) is 5.91 Å². The molecule has 0 aliphatic carbocycles. The molecule has 5 heteroatoms. The average molecular weight is 373 g/mol. The number of piperazine rings is 1. The summed E-state index contributed by atoms with van der Waals surface area (Å²) in [4.78, 5) is 14.3. The van der Waals surface area contributed by atoms with Gasteiger partial charge in [-0.2, -0.15) is 0 Å². The molecule has 0 bridgehead atoms. The average Bonchev–Trinajstić information content (AvgIpc) is 2.45. The van der Waals surface area contributed by atoms with E-state index in [1.54, 1.807) is 0 Å². The van der Waals surface area contributed by atoms with E-state index in [9.17, 15) is 4.79 Å². The van der Waals surface area contributed by atoms with Gasteiger partial charge in [0, 0.05) is 41.9 Å². The Morgan fingerprint density at radius 1 is 1.26 bits per heavy atom. The Morgan fingerprint density at radius 3 is 2.63 bits per heavy atom. The Hall–Kier alpha value is -0.660. The molecule has 1 aromatic carbocycles. The smallest absolute Gasteiger partial charge is 0.251 e. The standard InChI is InChI=1S/C14H20IN3O/c15-13-4-2-12(3-5-13)14(19)17-6-1-9-18-10-7-16-8-11-18/h2-5,16H,1,6-11H2,(H,17,19). The maximum absolute atomic E-state index is 11.9. The molecule has 1 aliphatic rings. The minimum absolute atomic E-state index is 0.0247. The molecule has 4 nitrogen and oxygen atoms in total. The van der Waals surface area contributed by atoms with Gasteiger partial charge in [0.15, 0.2) is 0 Å². The lowest BCUT2D eigenvalue weighted by atomic mass is 10.2. The topological polar surface area (TPSA) is 44.4 Å². The van der Waals surface area contributed by atoms with Gasteiger partial charge in [-0.15, -0.1) is 0 Å². The molecule has 1 heterocycles. The van der Waals surface area contributed by atoms with Gasteiger partial charge in [0.25, 0.3) is 5.91 Å². The van der Waals surface area contributed by atoms with E-state index >= 15 is 0 Å². The normalized spacial score (nSPS) is 16.3. The summed E-state index contributed by atoms with van der Waals surface area (Å²) in [5.74, 6) is 0.0247. The van der Waals surface area contributed by atoms with Crippen LogP contribution in [0.4, 0.5) is 0 Å². The van der Waals surface area contributed by atoms with E-state index in [1.807, 2.05) is 24.3 Å². The van der Waals surface area contributed by atoms with Crippen molar-refractivity contribution in [2.24, 2.45) is 0 Å². The van der Waals surface area contributed by atoms with E-state index in [2.05, 4.69) is 38.1 Å². The summed E-state index contributed by atoms with van der Waals surface area (Å²) in [5, 5.41) is 6.31. The molecule has 0 saturated carbocycles. The van der Waals surface area contributed by atoms with Crippen LogP contribution in [0, 0.1) is 3.57 Å². The first-order valence-electron chi connectivity index (χ1n) is 6.72. The fourth-order valence-corrected chi connectivity index (χ4v) is 2.50. The van der Waals surface area contributed by atoms with Crippen LogP contribution in [0.1, 0.15) is 16.8 Å². The minimum Gasteiger partial charge on any atom is -0.352 e. The van der Waals surface area contributed by atoms with Gasteiger partial charge in [0.2, 0.25) is 0 Å². The van der Waals surface area contributed by atoms with Crippen molar-refractivity contribution in [3.63, 3.8) is 0 Å². The zero-order valence-electron chi connectivity index (χ0n) is 11.0. The number of nitrogens with zero attached hydrogens (tertiary/aromatic N) is 1. The van der Waals surface area contributed by atoms with Crippen molar-refractivity contribution >= 4 is 28.5 Å². The Labute approximate surface area is 128 Å². The van der Waals surface area contributed by atoms with Gasteiger partial charge in [-0.05, 0) is 59.8 Å². The van der Waals surface area contributed by atoms with Crippen molar-refractivity contribution in [3.8, 4) is 0 Å². The van der Waals surface area contributed by atoms with Crippen molar-refractivity contribution in [2.75, 3.05) is 39.3 Å². The molecule has 0 unspecified atom stereocenters. The van der Waals surface area contributed by atoms with Gasteiger partial charge in [-0.3, -0.25) is 4.79 Å². The second-order valence-corrected chi connectivity index (χ2v) is 5.95. The molecule has 104 valence electrons. The van der Waals surface area contributed by atoms with Gasteiger partial charge in [0.05, 0.1) is 0 Å². The van der Waals surface area contributed by atoms with E-state index in [0.717, 1.165) is 54.8 Å². The summed E-state index contributed by atoms with van der Waals surface area (Å²) < 4.78 is 1.15. The molecular formula is C14H20IN3O. The van der Waals surface area contributed by atoms with Gasteiger partial charge in [0.1, 0.15) is 0 Å². The number of carbonyl (C=O) groups excluding carboxylic acids is 1. The number of hydrogen-bond donors (Lipinski definition) is 2. The molecule has 1 fully saturated rings. The summed E-state index contributed by atoms with van der Waals surface area (Å²) in [5.41, 5.74) is 0.739. The molecule has 1 aromatic rings. The number of carbonyl (C=O) groups is 1. The highest BCUT2D eigenvalue weighted by Gasteiger charge is 2.09. The highest BCUT2D eigenvalue weighted by atomic mass is 127. The van der Waals surface area contributed by atoms with Crippen LogP contribution >= 0.6 is 22.6 Å². The van der Waals surface area contributed by atoms with Crippen molar-refractivity contribution in [3.05, 3.63) is 33.4 Å². The third-order valence-corrected chi connectivity index (χ3v) is 3.97. The quantitative estimate of drug-likeness (QED) is 0.605. The molecule has 0 radical (unpaired) electrons. The minimum atomic E-state index is 0.0247. The van der Waals surface area contributed by atoms with E-state index < -0.39 is 0 Å². The van der Waals surface area contributed by atoms with Crippen molar-refractivity contribution < 1.29 is 4.79 Å². The Kier molecular flexibility index (Phi) is 6.06. The van der Waals surface area contributed by atoms with Gasteiger partial charge < -0.3 is 15.5 Å². The van der Waals surface area contributed by atoms with Crippen molar-refractivity contribution in [1.82, 2.24) is 15.5 Å². The van der Waals surface area contributed by atoms with E-state index in [1.165, 1.54) is 0 Å². The molecule has 1 aliphatic heterocycles. The number of nitrogens with one attached hydrogen (secondary N) is 2. The molecule has 2 rings (SSSR count). The monoisotopic (exact) mass is 373 g/mol. The van der Waals surface area contributed by atoms with E-state index in [0.29, 0.717) is 0 Å². The van der Waals surface area contributed by atoms with Crippen LogP contribution in [0.15, 0.2) is 24.3 Å².